The summed E-state index contributed by atoms with van der Waals surface area (Å²) in [6.07, 6.45) is 1.48. The molecule has 2 N–H and O–H groups in total. The Hall–Kier alpha value is -2.07. The lowest BCUT2D eigenvalue weighted by molar-refractivity contribution is 0.0737. The maximum absolute atomic E-state index is 12.3. The van der Waals surface area contributed by atoms with Crippen molar-refractivity contribution in [1.82, 2.24) is 9.88 Å². The fraction of sp³-hybridized carbons (Fsp3) is 0.200. The van der Waals surface area contributed by atoms with Crippen LogP contribution in [-0.4, -0.2) is 22.8 Å². The topological polar surface area (TPSA) is 59.2 Å². The highest BCUT2D eigenvalue weighted by Crippen LogP contribution is 2.23. The van der Waals surface area contributed by atoms with Crippen molar-refractivity contribution in [3.8, 4) is 0 Å². The number of hydrogen-bond donors (Lipinski definition) is 1. The predicted molar refractivity (Wildman–Crippen MR) is 80.6 cm³/mol. The normalized spacial score (nSPS) is 11.9. The summed E-state index contributed by atoms with van der Waals surface area (Å²) in [5.41, 5.74) is 7.45. The lowest BCUT2D eigenvalue weighted by Gasteiger charge is -2.25. The molecule has 5 heteroatoms. The van der Waals surface area contributed by atoms with E-state index in [-0.39, 0.29) is 11.9 Å². The van der Waals surface area contributed by atoms with Gasteiger partial charge in [-0.1, -0.05) is 23.7 Å². The summed E-state index contributed by atoms with van der Waals surface area (Å²) in [6, 6.07) is 10.7. The van der Waals surface area contributed by atoms with Crippen LogP contribution in [-0.2, 0) is 0 Å². The molecule has 1 unspecified atom stereocenters. The Bertz CT molecular complexity index is 613. The molecule has 4 nitrogen and oxygen atoms in total. The van der Waals surface area contributed by atoms with E-state index in [2.05, 4.69) is 4.98 Å². The Kier molecular flexibility index (Phi) is 4.25. The predicted octanol–water partition coefficient (Wildman–Crippen LogP) is 3.15. The maximum Gasteiger partial charge on any atom is 0.272 e. The SMILES string of the molecule is CC(c1cccc(Cl)c1)N(C)C(=O)c1ccc(N)cn1. The first kappa shape index (κ1) is 14.3. The number of hydrogen-bond acceptors (Lipinski definition) is 3. The molecule has 2 rings (SSSR count). The quantitative estimate of drug-likeness (QED) is 0.944. The number of nitrogens with zero attached hydrogens (tertiary/aromatic N) is 2. The van der Waals surface area contributed by atoms with Crippen molar-refractivity contribution in [2.75, 3.05) is 12.8 Å². The number of rotatable bonds is 3. The molecule has 0 saturated carbocycles. The number of anilines is 1. The first-order valence-electron chi connectivity index (χ1n) is 6.23. The van der Waals surface area contributed by atoms with E-state index in [4.69, 9.17) is 17.3 Å². The zero-order valence-corrected chi connectivity index (χ0v) is 12.1. The molecule has 0 radical (unpaired) electrons. The average Bonchev–Trinajstić information content (AvgIpc) is 2.46. The van der Waals surface area contributed by atoms with Gasteiger partial charge in [-0.2, -0.15) is 0 Å². The third-order valence-electron chi connectivity index (χ3n) is 3.24. The smallest absolute Gasteiger partial charge is 0.272 e. The van der Waals surface area contributed by atoms with Gasteiger partial charge < -0.3 is 10.6 Å². The number of aromatic nitrogens is 1. The van der Waals surface area contributed by atoms with Gasteiger partial charge in [-0.25, -0.2) is 4.98 Å². The molecule has 0 aliphatic heterocycles. The van der Waals surface area contributed by atoms with Gasteiger partial charge in [0, 0.05) is 12.1 Å². The Balaban J connectivity index is 2.20. The van der Waals surface area contributed by atoms with Crippen molar-refractivity contribution in [1.29, 1.82) is 0 Å². The van der Waals surface area contributed by atoms with E-state index in [1.54, 1.807) is 30.1 Å². The van der Waals surface area contributed by atoms with Gasteiger partial charge in [-0.05, 0) is 36.8 Å². The summed E-state index contributed by atoms with van der Waals surface area (Å²) in [6.45, 7) is 1.95. The minimum absolute atomic E-state index is 0.0967. The van der Waals surface area contributed by atoms with E-state index in [0.717, 1.165) is 5.56 Å². The van der Waals surface area contributed by atoms with Gasteiger partial charge in [-0.3, -0.25) is 4.79 Å². The van der Waals surface area contributed by atoms with Crippen LogP contribution in [0.3, 0.4) is 0 Å². The Morgan fingerprint density at radius 2 is 2.10 bits per heavy atom. The van der Waals surface area contributed by atoms with Gasteiger partial charge in [0.15, 0.2) is 0 Å². The van der Waals surface area contributed by atoms with Crippen LogP contribution in [0.15, 0.2) is 42.6 Å². The summed E-state index contributed by atoms with van der Waals surface area (Å²) in [4.78, 5) is 18.0. The van der Waals surface area contributed by atoms with Crippen LogP contribution in [0.4, 0.5) is 5.69 Å². The third-order valence-corrected chi connectivity index (χ3v) is 3.47. The van der Waals surface area contributed by atoms with Crippen LogP contribution in [0, 0.1) is 0 Å². The number of halogens is 1. The van der Waals surface area contributed by atoms with Crippen LogP contribution < -0.4 is 5.73 Å². The molecular formula is C15H16ClN3O. The van der Waals surface area contributed by atoms with Crippen LogP contribution in [0.5, 0.6) is 0 Å². The van der Waals surface area contributed by atoms with Crippen molar-refractivity contribution in [3.63, 3.8) is 0 Å². The Morgan fingerprint density at radius 1 is 1.35 bits per heavy atom. The van der Waals surface area contributed by atoms with Crippen LogP contribution in [0.25, 0.3) is 0 Å². The van der Waals surface area contributed by atoms with Gasteiger partial charge in [-0.15, -0.1) is 0 Å². The summed E-state index contributed by atoms with van der Waals surface area (Å²) < 4.78 is 0. The van der Waals surface area contributed by atoms with Gasteiger partial charge >= 0.3 is 0 Å². The molecule has 2 aromatic rings. The Labute approximate surface area is 123 Å². The summed E-state index contributed by atoms with van der Waals surface area (Å²) in [7, 11) is 1.74. The highest BCUT2D eigenvalue weighted by molar-refractivity contribution is 6.30. The molecule has 0 aliphatic carbocycles. The van der Waals surface area contributed by atoms with Crippen molar-refractivity contribution in [2.24, 2.45) is 0 Å². The third kappa shape index (κ3) is 3.08. The molecule has 1 amide bonds. The van der Waals surface area contributed by atoms with E-state index in [9.17, 15) is 4.79 Å². The van der Waals surface area contributed by atoms with Crippen LogP contribution in [0.1, 0.15) is 29.0 Å². The number of nitrogens with two attached hydrogens (primary N) is 1. The number of carbonyl (C=O) groups is 1. The first-order chi connectivity index (χ1) is 9.49. The van der Waals surface area contributed by atoms with Gasteiger partial charge in [0.1, 0.15) is 5.69 Å². The zero-order valence-electron chi connectivity index (χ0n) is 11.4. The molecule has 0 aliphatic rings. The van der Waals surface area contributed by atoms with Crippen molar-refractivity contribution in [2.45, 2.75) is 13.0 Å². The Morgan fingerprint density at radius 3 is 2.70 bits per heavy atom. The number of nitrogen functional groups attached to an aromatic ring is 1. The fourth-order valence-electron chi connectivity index (χ4n) is 1.88. The van der Waals surface area contributed by atoms with Crippen molar-refractivity contribution < 1.29 is 4.79 Å². The average molecular weight is 290 g/mol. The van der Waals surface area contributed by atoms with Crippen molar-refractivity contribution >= 4 is 23.2 Å². The van der Waals surface area contributed by atoms with E-state index in [1.807, 2.05) is 25.1 Å². The molecule has 1 aromatic carbocycles. The zero-order chi connectivity index (χ0) is 14.7. The molecule has 1 atom stereocenters. The number of amides is 1. The fourth-order valence-corrected chi connectivity index (χ4v) is 2.08. The second kappa shape index (κ2) is 5.92. The number of pyridine rings is 1. The van der Waals surface area contributed by atoms with Gasteiger partial charge in [0.05, 0.1) is 17.9 Å². The van der Waals surface area contributed by atoms with Crippen LogP contribution in [0.2, 0.25) is 5.02 Å². The molecule has 1 aromatic heterocycles. The number of carbonyl (C=O) groups excluding carboxylic acids is 1. The van der Waals surface area contributed by atoms with E-state index in [0.29, 0.717) is 16.4 Å². The molecule has 0 fully saturated rings. The second-order valence-corrected chi connectivity index (χ2v) is 5.06. The molecule has 20 heavy (non-hydrogen) atoms. The summed E-state index contributed by atoms with van der Waals surface area (Å²) in [5.74, 6) is -0.155. The highest BCUT2D eigenvalue weighted by atomic mass is 35.5. The monoisotopic (exact) mass is 289 g/mol. The summed E-state index contributed by atoms with van der Waals surface area (Å²) in [5, 5.41) is 0.654. The standard InChI is InChI=1S/C15H16ClN3O/c1-10(11-4-3-5-12(16)8-11)19(2)15(20)14-7-6-13(17)9-18-14/h3-10H,17H2,1-2H3. The van der Waals surface area contributed by atoms with Crippen LogP contribution >= 0.6 is 11.6 Å². The molecule has 0 saturated heterocycles. The van der Waals surface area contributed by atoms with Crippen molar-refractivity contribution in [3.05, 3.63) is 58.9 Å². The summed E-state index contributed by atoms with van der Waals surface area (Å²) >= 11 is 5.98. The minimum Gasteiger partial charge on any atom is -0.397 e. The van der Waals surface area contributed by atoms with Gasteiger partial charge in [0.25, 0.3) is 5.91 Å². The first-order valence-corrected chi connectivity index (χ1v) is 6.61. The second-order valence-electron chi connectivity index (χ2n) is 4.62. The van der Waals surface area contributed by atoms with E-state index in [1.165, 1.54) is 6.20 Å². The largest absolute Gasteiger partial charge is 0.397 e. The van der Waals surface area contributed by atoms with E-state index >= 15 is 0 Å². The van der Waals surface area contributed by atoms with Gasteiger partial charge in [0.2, 0.25) is 0 Å². The lowest BCUT2D eigenvalue weighted by atomic mass is 10.1. The minimum atomic E-state index is -0.155. The number of benzene rings is 1. The highest BCUT2D eigenvalue weighted by Gasteiger charge is 2.19. The molecular weight excluding hydrogens is 274 g/mol. The van der Waals surface area contributed by atoms with E-state index < -0.39 is 0 Å². The lowest BCUT2D eigenvalue weighted by Crippen LogP contribution is -2.30. The molecule has 0 bridgehead atoms. The molecule has 1 heterocycles. The molecule has 0 spiro atoms. The maximum atomic E-state index is 12.3. The molecule has 104 valence electrons.